The van der Waals surface area contributed by atoms with Gasteiger partial charge in [0.05, 0.1) is 10.6 Å². The Morgan fingerprint density at radius 1 is 0.971 bits per heavy atom. The number of aryl methyl sites for hydroxylation is 1. The standard InChI is InChI=1S/C23H18Cl2F3N3O3/c24-13-22(33)31-20-12-17(8-9-29-20)34-16-3-1-2-14(10-16)4-7-21(32)30-15-5-6-19(25)18(11-15)23(26,27)28/h1-3,5-6,8-12H,4,7,13H2,(H,30,32)(H,29,31,33). The van der Waals surface area contributed by atoms with Crippen molar-refractivity contribution in [3.8, 4) is 11.5 Å². The highest BCUT2D eigenvalue weighted by molar-refractivity contribution is 6.31. The van der Waals surface area contributed by atoms with E-state index < -0.39 is 28.6 Å². The van der Waals surface area contributed by atoms with E-state index in [2.05, 4.69) is 15.6 Å². The number of anilines is 2. The Hall–Kier alpha value is -3.30. The largest absolute Gasteiger partial charge is 0.457 e. The van der Waals surface area contributed by atoms with Gasteiger partial charge in [0.2, 0.25) is 11.8 Å². The molecule has 0 unspecified atom stereocenters. The number of hydrogen-bond acceptors (Lipinski definition) is 4. The zero-order chi connectivity index (χ0) is 24.7. The van der Waals surface area contributed by atoms with Crippen LogP contribution in [-0.4, -0.2) is 22.7 Å². The van der Waals surface area contributed by atoms with Crippen molar-refractivity contribution in [3.05, 3.63) is 76.9 Å². The third-order valence-electron chi connectivity index (χ3n) is 4.45. The van der Waals surface area contributed by atoms with Crippen LogP contribution < -0.4 is 15.4 Å². The van der Waals surface area contributed by atoms with Gasteiger partial charge in [-0.05, 0) is 48.4 Å². The lowest BCUT2D eigenvalue weighted by Gasteiger charge is -2.12. The van der Waals surface area contributed by atoms with Gasteiger partial charge >= 0.3 is 6.18 Å². The number of pyridine rings is 1. The Morgan fingerprint density at radius 2 is 1.74 bits per heavy atom. The molecule has 178 valence electrons. The number of alkyl halides is 4. The molecule has 3 rings (SSSR count). The number of aromatic nitrogens is 1. The summed E-state index contributed by atoms with van der Waals surface area (Å²) < 4.78 is 44.8. The van der Waals surface area contributed by atoms with Gasteiger partial charge in [-0.15, -0.1) is 11.6 Å². The minimum absolute atomic E-state index is 0.00792. The lowest BCUT2D eigenvalue weighted by Crippen LogP contribution is -2.14. The molecule has 3 aromatic rings. The van der Waals surface area contributed by atoms with Crippen molar-refractivity contribution >= 4 is 46.5 Å². The number of nitrogens with zero attached hydrogens (tertiary/aromatic N) is 1. The summed E-state index contributed by atoms with van der Waals surface area (Å²) in [5.41, 5.74) is -0.226. The number of amides is 2. The van der Waals surface area contributed by atoms with Crippen LogP contribution in [0.25, 0.3) is 0 Å². The Labute approximate surface area is 203 Å². The third-order valence-corrected chi connectivity index (χ3v) is 5.02. The summed E-state index contributed by atoms with van der Waals surface area (Å²) in [4.78, 5) is 27.7. The molecule has 2 N–H and O–H groups in total. The molecule has 0 saturated heterocycles. The van der Waals surface area contributed by atoms with Gasteiger partial charge in [0.25, 0.3) is 0 Å². The van der Waals surface area contributed by atoms with Crippen LogP contribution >= 0.6 is 23.2 Å². The Morgan fingerprint density at radius 3 is 2.47 bits per heavy atom. The van der Waals surface area contributed by atoms with Gasteiger partial charge in [-0.1, -0.05) is 23.7 Å². The molecule has 0 bridgehead atoms. The van der Waals surface area contributed by atoms with Gasteiger partial charge in [-0.25, -0.2) is 4.98 Å². The van der Waals surface area contributed by atoms with Crippen molar-refractivity contribution in [2.75, 3.05) is 16.5 Å². The normalized spacial score (nSPS) is 11.1. The fourth-order valence-corrected chi connectivity index (χ4v) is 3.21. The quantitative estimate of drug-likeness (QED) is 0.348. The molecule has 0 atom stereocenters. The van der Waals surface area contributed by atoms with Crippen LogP contribution in [0.4, 0.5) is 24.7 Å². The fourth-order valence-electron chi connectivity index (χ4n) is 2.92. The molecular weight excluding hydrogens is 494 g/mol. The molecule has 0 aliphatic carbocycles. The average molecular weight is 512 g/mol. The summed E-state index contributed by atoms with van der Waals surface area (Å²) in [5.74, 6) is 0.149. The minimum Gasteiger partial charge on any atom is -0.457 e. The first-order valence-corrected chi connectivity index (χ1v) is 10.8. The van der Waals surface area contributed by atoms with E-state index in [-0.39, 0.29) is 23.8 Å². The van der Waals surface area contributed by atoms with Crippen molar-refractivity contribution in [1.82, 2.24) is 4.98 Å². The maximum atomic E-state index is 13.0. The highest BCUT2D eigenvalue weighted by Crippen LogP contribution is 2.36. The summed E-state index contributed by atoms with van der Waals surface area (Å²) in [5, 5.41) is 4.53. The molecular formula is C23H18Cl2F3N3O3. The molecule has 2 aromatic carbocycles. The molecule has 34 heavy (non-hydrogen) atoms. The smallest absolute Gasteiger partial charge is 0.417 e. The van der Waals surface area contributed by atoms with Gasteiger partial charge in [0, 0.05) is 24.4 Å². The number of ether oxygens (including phenoxy) is 1. The number of hydrogen-bond donors (Lipinski definition) is 2. The van der Waals surface area contributed by atoms with Crippen LogP contribution in [0.15, 0.2) is 60.8 Å². The first kappa shape index (κ1) is 25.3. The van der Waals surface area contributed by atoms with E-state index in [9.17, 15) is 22.8 Å². The Kier molecular flexibility index (Phi) is 8.36. The third kappa shape index (κ3) is 7.36. The van der Waals surface area contributed by atoms with Crippen LogP contribution in [0.5, 0.6) is 11.5 Å². The van der Waals surface area contributed by atoms with E-state index in [4.69, 9.17) is 27.9 Å². The first-order chi connectivity index (χ1) is 16.1. The number of carbonyl (C=O) groups excluding carboxylic acids is 2. The predicted octanol–water partition coefficient (Wildman–Crippen LogP) is 6.29. The number of benzene rings is 2. The monoisotopic (exact) mass is 511 g/mol. The van der Waals surface area contributed by atoms with Crippen LogP contribution in [0.3, 0.4) is 0 Å². The van der Waals surface area contributed by atoms with Crippen LogP contribution in [0.2, 0.25) is 5.02 Å². The van der Waals surface area contributed by atoms with E-state index in [1.165, 1.54) is 18.3 Å². The van der Waals surface area contributed by atoms with Crippen LogP contribution in [-0.2, 0) is 22.2 Å². The zero-order valence-electron chi connectivity index (χ0n) is 17.5. The number of rotatable bonds is 8. The molecule has 0 aliphatic rings. The number of nitrogens with one attached hydrogen (secondary N) is 2. The van der Waals surface area contributed by atoms with Gasteiger partial charge < -0.3 is 15.4 Å². The van der Waals surface area contributed by atoms with Crippen LogP contribution in [0.1, 0.15) is 17.5 Å². The van der Waals surface area contributed by atoms with Gasteiger partial charge in [0.1, 0.15) is 23.2 Å². The lowest BCUT2D eigenvalue weighted by atomic mass is 10.1. The van der Waals surface area contributed by atoms with Crippen molar-refractivity contribution in [2.45, 2.75) is 19.0 Å². The molecule has 6 nitrogen and oxygen atoms in total. The molecule has 0 aliphatic heterocycles. The molecule has 2 amide bonds. The topological polar surface area (TPSA) is 80.3 Å². The predicted molar refractivity (Wildman–Crippen MR) is 124 cm³/mol. The van der Waals surface area contributed by atoms with E-state index >= 15 is 0 Å². The van der Waals surface area contributed by atoms with E-state index in [1.54, 1.807) is 30.3 Å². The summed E-state index contributed by atoms with van der Waals surface area (Å²) in [6.45, 7) is 0. The van der Waals surface area contributed by atoms with E-state index in [0.29, 0.717) is 17.9 Å². The van der Waals surface area contributed by atoms with Crippen molar-refractivity contribution in [3.63, 3.8) is 0 Å². The highest BCUT2D eigenvalue weighted by Gasteiger charge is 2.33. The fraction of sp³-hybridized carbons (Fsp3) is 0.174. The van der Waals surface area contributed by atoms with Crippen LogP contribution in [0, 0.1) is 0 Å². The van der Waals surface area contributed by atoms with Gasteiger partial charge in [-0.3, -0.25) is 9.59 Å². The van der Waals surface area contributed by atoms with Crippen molar-refractivity contribution < 1.29 is 27.5 Å². The summed E-state index contributed by atoms with van der Waals surface area (Å²) in [7, 11) is 0. The average Bonchev–Trinajstić information content (AvgIpc) is 2.78. The molecule has 1 aromatic heterocycles. The maximum Gasteiger partial charge on any atom is 0.417 e. The number of carbonyl (C=O) groups is 2. The SMILES string of the molecule is O=C(CCc1cccc(Oc2ccnc(NC(=O)CCl)c2)c1)Nc1ccc(Cl)c(C(F)(F)F)c1. The second-order valence-corrected chi connectivity index (χ2v) is 7.72. The minimum atomic E-state index is -4.62. The van der Waals surface area contributed by atoms with Gasteiger partial charge in [-0.2, -0.15) is 13.2 Å². The molecule has 0 saturated carbocycles. The zero-order valence-corrected chi connectivity index (χ0v) is 19.0. The lowest BCUT2D eigenvalue weighted by molar-refractivity contribution is -0.137. The molecule has 11 heteroatoms. The van der Waals surface area contributed by atoms with Crippen molar-refractivity contribution in [1.29, 1.82) is 0 Å². The summed E-state index contributed by atoms with van der Waals surface area (Å²) in [6, 6.07) is 13.3. The number of halogens is 5. The molecule has 0 radical (unpaired) electrons. The Bertz CT molecular complexity index is 1190. The molecule has 0 fully saturated rings. The van der Waals surface area contributed by atoms with Crippen molar-refractivity contribution in [2.24, 2.45) is 0 Å². The second kappa shape index (κ2) is 11.2. The maximum absolute atomic E-state index is 13.0. The summed E-state index contributed by atoms with van der Waals surface area (Å²) >= 11 is 11.1. The highest BCUT2D eigenvalue weighted by atomic mass is 35.5. The van der Waals surface area contributed by atoms with E-state index in [0.717, 1.165) is 17.7 Å². The first-order valence-electron chi connectivity index (χ1n) is 9.89. The van der Waals surface area contributed by atoms with Gasteiger partial charge in [0.15, 0.2) is 0 Å². The summed E-state index contributed by atoms with van der Waals surface area (Å²) in [6.07, 6.45) is -2.79. The second-order valence-electron chi connectivity index (χ2n) is 7.05. The Balaban J connectivity index is 1.59. The molecule has 1 heterocycles. The van der Waals surface area contributed by atoms with E-state index in [1.807, 2.05) is 0 Å². The molecule has 0 spiro atoms.